The molecule has 2 atom stereocenters. The second kappa shape index (κ2) is 6.46. The Morgan fingerprint density at radius 2 is 1.96 bits per heavy atom. The van der Waals surface area contributed by atoms with Crippen LogP contribution in [0.1, 0.15) is 35.8 Å². The first-order valence-corrected chi connectivity index (χ1v) is 8.94. The van der Waals surface area contributed by atoms with Crippen molar-refractivity contribution in [3.8, 4) is 0 Å². The van der Waals surface area contributed by atoms with E-state index >= 15 is 0 Å². The molecule has 7 heteroatoms. The molecule has 1 aromatic rings. The molecular weight excluding hydrogens is 320 g/mol. The second-order valence-corrected chi connectivity index (χ2v) is 6.83. The zero-order chi connectivity index (χ0) is 17.4. The predicted molar refractivity (Wildman–Crippen MR) is 91.1 cm³/mol. The fraction of sp³-hybridized carbons (Fsp3) is 0.556. The Morgan fingerprint density at radius 3 is 2.64 bits per heavy atom. The normalized spacial score (nSPS) is 24.9. The highest BCUT2D eigenvalue weighted by Crippen LogP contribution is 2.29. The lowest BCUT2D eigenvalue weighted by Gasteiger charge is -2.18. The van der Waals surface area contributed by atoms with Gasteiger partial charge in [-0.3, -0.25) is 14.6 Å². The molecule has 0 saturated carbocycles. The molecule has 4 rings (SSSR count). The smallest absolute Gasteiger partial charge is 0.272 e. The van der Waals surface area contributed by atoms with Gasteiger partial charge in [-0.25, -0.2) is 0 Å². The van der Waals surface area contributed by atoms with Gasteiger partial charge in [-0.1, -0.05) is 12.1 Å². The topological polar surface area (TPSA) is 75.1 Å². The number of nitrogens with zero attached hydrogens (tertiary/aromatic N) is 4. The summed E-state index contributed by atoms with van der Waals surface area (Å²) < 4.78 is 0. The maximum Gasteiger partial charge on any atom is 0.272 e. The molecule has 0 aliphatic carbocycles. The largest absolute Gasteiger partial charge is 0.389 e. The standard InChI is InChI=1S/C18H22N4O3/c1-2-13-6-5-12(9-19-13)17(23)22-10-14-15(11-22)25-20-16(14)18(24)21-7-3-4-8-21/h5-6,9,14-15H,2-4,7-8,10-11H2,1H3/t14-,15+/m0/s1. The summed E-state index contributed by atoms with van der Waals surface area (Å²) in [5, 5.41) is 4.03. The van der Waals surface area contributed by atoms with Crippen LogP contribution in [0.3, 0.4) is 0 Å². The second-order valence-electron chi connectivity index (χ2n) is 6.83. The van der Waals surface area contributed by atoms with E-state index < -0.39 is 0 Å². The molecule has 3 aliphatic rings. The Bertz CT molecular complexity index is 710. The molecule has 2 amide bonds. The van der Waals surface area contributed by atoms with Crippen LogP contribution in [-0.4, -0.2) is 64.6 Å². The minimum absolute atomic E-state index is 0.0340. The third kappa shape index (κ3) is 2.88. The van der Waals surface area contributed by atoms with Crippen LogP contribution in [0, 0.1) is 5.92 Å². The van der Waals surface area contributed by atoms with E-state index in [1.54, 1.807) is 11.1 Å². The maximum absolute atomic E-state index is 12.7. The summed E-state index contributed by atoms with van der Waals surface area (Å²) in [7, 11) is 0. The first kappa shape index (κ1) is 16.1. The molecule has 4 heterocycles. The van der Waals surface area contributed by atoms with Crippen molar-refractivity contribution in [3.63, 3.8) is 0 Å². The number of hydrogen-bond donors (Lipinski definition) is 0. The Labute approximate surface area is 146 Å². The van der Waals surface area contributed by atoms with Crippen molar-refractivity contribution in [1.29, 1.82) is 0 Å². The van der Waals surface area contributed by atoms with Gasteiger partial charge in [0.15, 0.2) is 11.8 Å². The highest BCUT2D eigenvalue weighted by atomic mass is 16.6. The quantitative estimate of drug-likeness (QED) is 0.824. The number of fused-ring (bicyclic) bond motifs is 1. The van der Waals surface area contributed by atoms with E-state index in [1.165, 1.54) is 0 Å². The van der Waals surface area contributed by atoms with Crippen molar-refractivity contribution in [2.45, 2.75) is 32.3 Å². The molecule has 2 saturated heterocycles. The highest BCUT2D eigenvalue weighted by molar-refractivity contribution is 6.40. The van der Waals surface area contributed by atoms with Crippen molar-refractivity contribution in [2.75, 3.05) is 26.2 Å². The number of hydrogen-bond acceptors (Lipinski definition) is 5. The number of carbonyl (C=O) groups excluding carboxylic acids is 2. The molecule has 132 valence electrons. The minimum atomic E-state index is -0.214. The molecule has 1 aromatic heterocycles. The molecule has 0 aromatic carbocycles. The lowest BCUT2D eigenvalue weighted by atomic mass is 10.00. The van der Waals surface area contributed by atoms with Crippen molar-refractivity contribution in [1.82, 2.24) is 14.8 Å². The van der Waals surface area contributed by atoms with Crippen LogP contribution in [0.2, 0.25) is 0 Å². The molecular formula is C18H22N4O3. The number of aryl methyl sites for hydroxylation is 1. The van der Waals surface area contributed by atoms with Gasteiger partial charge in [0.2, 0.25) is 0 Å². The lowest BCUT2D eigenvalue weighted by Crippen LogP contribution is -2.39. The molecule has 2 fully saturated rings. The van der Waals surface area contributed by atoms with Crippen molar-refractivity contribution in [3.05, 3.63) is 29.6 Å². The fourth-order valence-electron chi connectivity index (χ4n) is 3.72. The molecule has 7 nitrogen and oxygen atoms in total. The molecule has 0 bridgehead atoms. The molecule has 3 aliphatic heterocycles. The van der Waals surface area contributed by atoms with E-state index in [2.05, 4.69) is 10.1 Å². The van der Waals surface area contributed by atoms with E-state index in [-0.39, 0.29) is 23.8 Å². The summed E-state index contributed by atoms with van der Waals surface area (Å²) in [4.78, 5) is 38.6. The number of oxime groups is 1. The molecule has 25 heavy (non-hydrogen) atoms. The average Bonchev–Trinajstić information content (AvgIpc) is 3.37. The molecule has 0 N–H and O–H groups in total. The maximum atomic E-state index is 12.7. The van der Waals surface area contributed by atoms with Gasteiger partial charge in [-0.05, 0) is 31.4 Å². The van der Waals surface area contributed by atoms with Crippen LogP contribution in [0.25, 0.3) is 0 Å². The van der Waals surface area contributed by atoms with Gasteiger partial charge in [0.25, 0.3) is 11.8 Å². The third-order valence-corrected chi connectivity index (χ3v) is 5.24. The lowest BCUT2D eigenvalue weighted by molar-refractivity contribution is -0.123. The summed E-state index contributed by atoms with van der Waals surface area (Å²) >= 11 is 0. The van der Waals surface area contributed by atoms with Crippen LogP contribution in [0.5, 0.6) is 0 Å². The average molecular weight is 342 g/mol. The number of carbonyl (C=O) groups is 2. The monoisotopic (exact) mass is 342 g/mol. The highest BCUT2D eigenvalue weighted by Gasteiger charge is 2.47. The summed E-state index contributed by atoms with van der Waals surface area (Å²) in [6.45, 7) is 4.53. The van der Waals surface area contributed by atoms with Crippen LogP contribution >= 0.6 is 0 Å². The Morgan fingerprint density at radius 1 is 1.16 bits per heavy atom. The van der Waals surface area contributed by atoms with Crippen LogP contribution in [0.15, 0.2) is 23.5 Å². The minimum Gasteiger partial charge on any atom is -0.389 e. The van der Waals surface area contributed by atoms with Gasteiger partial charge < -0.3 is 14.6 Å². The molecule has 0 radical (unpaired) electrons. The predicted octanol–water partition coefficient (Wildman–Crippen LogP) is 1.09. The van der Waals surface area contributed by atoms with Gasteiger partial charge >= 0.3 is 0 Å². The van der Waals surface area contributed by atoms with Gasteiger partial charge in [0.05, 0.1) is 18.0 Å². The summed E-state index contributed by atoms with van der Waals surface area (Å²) in [5.74, 6) is -0.227. The summed E-state index contributed by atoms with van der Waals surface area (Å²) in [5.41, 5.74) is 2.01. The number of likely N-dealkylation sites (tertiary alicyclic amines) is 2. The first-order chi connectivity index (χ1) is 12.2. The van der Waals surface area contributed by atoms with Gasteiger partial charge in [0, 0.05) is 31.5 Å². The van der Waals surface area contributed by atoms with E-state index in [0.717, 1.165) is 38.0 Å². The molecule has 0 spiro atoms. The summed E-state index contributed by atoms with van der Waals surface area (Å²) in [6.07, 6.45) is 4.33. The number of amides is 2. The van der Waals surface area contributed by atoms with Crippen LogP contribution < -0.4 is 0 Å². The Hall–Kier alpha value is -2.44. The van der Waals surface area contributed by atoms with Gasteiger partial charge in [0.1, 0.15) is 0 Å². The Balaban J connectivity index is 1.44. The fourth-order valence-corrected chi connectivity index (χ4v) is 3.72. The van der Waals surface area contributed by atoms with E-state index in [4.69, 9.17) is 4.84 Å². The number of pyridine rings is 1. The summed E-state index contributed by atoms with van der Waals surface area (Å²) in [6, 6.07) is 3.69. The third-order valence-electron chi connectivity index (χ3n) is 5.24. The first-order valence-electron chi connectivity index (χ1n) is 8.94. The van der Waals surface area contributed by atoms with Gasteiger partial charge in [-0.2, -0.15) is 0 Å². The zero-order valence-electron chi connectivity index (χ0n) is 14.4. The van der Waals surface area contributed by atoms with Crippen molar-refractivity contribution in [2.24, 2.45) is 11.1 Å². The zero-order valence-corrected chi connectivity index (χ0v) is 14.4. The van der Waals surface area contributed by atoms with Gasteiger partial charge in [-0.15, -0.1) is 0 Å². The Kier molecular flexibility index (Phi) is 4.15. The SMILES string of the molecule is CCc1ccc(C(=O)N2C[C@@H]3C(C(=O)N4CCCC4)=NO[C@@H]3C2)cn1. The van der Waals surface area contributed by atoms with Crippen molar-refractivity contribution >= 4 is 17.5 Å². The molecule has 0 unspecified atom stereocenters. The van der Waals surface area contributed by atoms with E-state index in [1.807, 2.05) is 24.0 Å². The van der Waals surface area contributed by atoms with Crippen LogP contribution in [-0.2, 0) is 16.1 Å². The number of aromatic nitrogens is 1. The van der Waals surface area contributed by atoms with Crippen molar-refractivity contribution < 1.29 is 14.4 Å². The van der Waals surface area contributed by atoms with E-state index in [0.29, 0.717) is 24.4 Å². The number of rotatable bonds is 3. The van der Waals surface area contributed by atoms with Crippen LogP contribution in [0.4, 0.5) is 0 Å². The van der Waals surface area contributed by atoms with E-state index in [9.17, 15) is 9.59 Å².